The Morgan fingerprint density at radius 2 is 1.62 bits per heavy atom. The monoisotopic (exact) mass is 1040 g/mol. The van der Waals surface area contributed by atoms with Gasteiger partial charge in [0.05, 0.1) is 43.6 Å². The van der Waals surface area contributed by atoms with E-state index in [0.717, 1.165) is 17.7 Å². The van der Waals surface area contributed by atoms with Gasteiger partial charge in [0.25, 0.3) is 5.56 Å². The van der Waals surface area contributed by atoms with E-state index in [9.17, 15) is 77.2 Å². The first-order valence-electron chi connectivity index (χ1n) is 18.7. The van der Waals surface area contributed by atoms with E-state index in [-0.39, 0.29) is 47.6 Å². The van der Waals surface area contributed by atoms with E-state index in [1.165, 1.54) is 28.5 Å². The molecule has 66 heavy (non-hydrogen) atoms. The molecule has 0 spiro atoms. The van der Waals surface area contributed by atoms with E-state index in [0.29, 0.717) is 5.75 Å². The summed E-state index contributed by atoms with van der Waals surface area (Å²) in [6.45, 7) is 1.63. The number of aliphatic hydroxyl groups is 1. The molecular weight excluding hydrogens is 997 g/mol. The molecule has 2 aromatic heterocycles. The fourth-order valence-corrected chi connectivity index (χ4v) is 11.4. The summed E-state index contributed by atoms with van der Waals surface area (Å²) < 4.78 is 58.6. The fourth-order valence-electron chi connectivity index (χ4n) is 5.99. The van der Waals surface area contributed by atoms with Crippen molar-refractivity contribution in [3.8, 4) is 0 Å². The van der Waals surface area contributed by atoms with Crippen LogP contribution in [0.25, 0.3) is 11.0 Å². The number of Topliss-reactive ketones (excluding diaryl/α,β-unsaturated/α-hetero) is 1. The number of H-pyrrole nitrogens is 1. The van der Waals surface area contributed by atoms with Gasteiger partial charge < -0.3 is 65.8 Å². The number of carbonyl (C=O) groups excluding carboxylic acids is 4. The average molecular weight is 1040 g/mol. The van der Waals surface area contributed by atoms with Gasteiger partial charge in [-0.1, -0.05) is 21.6 Å². The summed E-state index contributed by atoms with van der Waals surface area (Å²) in [5.74, 6) is -8.77. The Labute approximate surface area is 378 Å². The van der Waals surface area contributed by atoms with E-state index in [1.807, 2.05) is 5.32 Å². The van der Waals surface area contributed by atoms with Crippen LogP contribution in [0.3, 0.4) is 0 Å². The highest BCUT2D eigenvalue weighted by Crippen LogP contribution is 2.66. The van der Waals surface area contributed by atoms with E-state index in [1.54, 1.807) is 0 Å². The van der Waals surface area contributed by atoms with Gasteiger partial charge in [-0.25, -0.2) is 32.8 Å². The Morgan fingerprint density at radius 1 is 0.970 bits per heavy atom. The lowest BCUT2D eigenvalue weighted by molar-refractivity contribution is -0.148. The van der Waals surface area contributed by atoms with Crippen molar-refractivity contribution in [3.05, 3.63) is 22.1 Å². The number of carboxylic acid groups (broad SMARTS) is 3. The lowest BCUT2D eigenvalue weighted by Crippen LogP contribution is -2.47. The van der Waals surface area contributed by atoms with Crippen LogP contribution in [-0.2, 0) is 65.1 Å². The van der Waals surface area contributed by atoms with Crippen LogP contribution in [-0.4, -0.2) is 145 Å². The zero-order chi connectivity index (χ0) is 49.9. The number of nitrogens with two attached hydrogens (primary N) is 1. The predicted octanol–water partition coefficient (Wildman–Crippen LogP) is -0.0253. The van der Waals surface area contributed by atoms with Crippen molar-refractivity contribution >= 4 is 104 Å². The molecule has 2 aromatic rings. The van der Waals surface area contributed by atoms with Gasteiger partial charge in [0.2, 0.25) is 17.8 Å². The Hall–Kier alpha value is -4.26. The van der Waals surface area contributed by atoms with Crippen LogP contribution in [0.15, 0.2) is 11.0 Å². The Morgan fingerprint density at radius 3 is 2.21 bits per heavy atom. The van der Waals surface area contributed by atoms with Gasteiger partial charge in [0.15, 0.2) is 5.78 Å². The van der Waals surface area contributed by atoms with Crippen LogP contribution in [0.5, 0.6) is 0 Å². The molecule has 0 aromatic carbocycles. The minimum Gasteiger partial charge on any atom is -0.481 e. The molecule has 3 heterocycles. The minimum atomic E-state index is -5.84. The second-order valence-corrected chi connectivity index (χ2v) is 21.2. The van der Waals surface area contributed by atoms with E-state index >= 15 is 0 Å². The molecule has 30 nitrogen and oxygen atoms in total. The highest BCUT2D eigenvalue weighted by molar-refractivity contribution is 8.76. The van der Waals surface area contributed by atoms with Crippen LogP contribution in [0.4, 0.5) is 10.7 Å². The molecule has 0 bridgehead atoms. The quantitative estimate of drug-likeness (QED) is 0.0318. The SMILES string of the molecule is CC(=O)NC(CCCSSCC(C)OC(=O)n1cc(C2CC(O)C(COP(=O)(O)OP(=O)(O)OP(=O)(O)O)O2)c2nc(N)[nH]c(=O)c21)C(=O)CC(CC(=O)O)C(=O)NC(CC(=O)O)C(=O)O. The number of anilines is 1. The second-order valence-electron chi connectivity index (χ2n) is 14.1. The maximum absolute atomic E-state index is 13.4. The van der Waals surface area contributed by atoms with Gasteiger partial charge in [-0.2, -0.15) is 8.62 Å². The van der Waals surface area contributed by atoms with Gasteiger partial charge in [-0.3, -0.25) is 38.3 Å². The number of ketones is 1. The first kappa shape index (κ1) is 56.1. The smallest absolute Gasteiger partial charge is 0.481 e. The average Bonchev–Trinajstić information content (AvgIpc) is 3.72. The molecular formula is C31H45N6O24P3S2. The predicted molar refractivity (Wildman–Crippen MR) is 223 cm³/mol. The number of fused-ring (bicyclic) bond motifs is 1. The number of rotatable bonds is 27. The maximum atomic E-state index is 13.4. The number of phosphoric acid groups is 3. The summed E-state index contributed by atoms with van der Waals surface area (Å²) in [4.78, 5) is 141. The lowest BCUT2D eigenvalue weighted by atomic mass is 9.92. The summed E-state index contributed by atoms with van der Waals surface area (Å²) in [6, 6.07) is -3.08. The van der Waals surface area contributed by atoms with Gasteiger partial charge in [0.1, 0.15) is 29.3 Å². The van der Waals surface area contributed by atoms with Gasteiger partial charge in [-0.05, 0) is 19.8 Å². The van der Waals surface area contributed by atoms with Crippen LogP contribution in [0.2, 0.25) is 0 Å². The topological polar surface area (TPSA) is 479 Å². The van der Waals surface area contributed by atoms with Crippen molar-refractivity contribution in [2.75, 3.05) is 23.8 Å². The number of aliphatic carboxylic acids is 3. The number of aromatic nitrogens is 3. The third kappa shape index (κ3) is 18.1. The molecule has 13 N–H and O–H groups in total. The molecule has 9 unspecified atom stereocenters. The number of amides is 2. The number of phosphoric ester groups is 1. The van der Waals surface area contributed by atoms with Crippen molar-refractivity contribution in [1.82, 2.24) is 25.2 Å². The summed E-state index contributed by atoms with van der Waals surface area (Å²) >= 11 is 0. The summed E-state index contributed by atoms with van der Waals surface area (Å²) in [5, 5.41) is 42.5. The minimum absolute atomic E-state index is 0.0107. The highest BCUT2D eigenvalue weighted by Gasteiger charge is 2.43. The van der Waals surface area contributed by atoms with Crippen molar-refractivity contribution < 1.29 is 110 Å². The van der Waals surface area contributed by atoms with Crippen LogP contribution < -0.4 is 21.9 Å². The van der Waals surface area contributed by atoms with Crippen molar-refractivity contribution in [1.29, 1.82) is 0 Å². The van der Waals surface area contributed by atoms with Crippen LogP contribution >= 0.6 is 45.1 Å². The molecule has 0 saturated carbocycles. The van der Waals surface area contributed by atoms with Crippen molar-refractivity contribution in [2.24, 2.45) is 5.92 Å². The van der Waals surface area contributed by atoms with Crippen molar-refractivity contribution in [3.63, 3.8) is 0 Å². The molecule has 9 atom stereocenters. The summed E-state index contributed by atoms with van der Waals surface area (Å²) in [7, 11) is -14.6. The normalized spacial score (nSPS) is 20.0. The Balaban J connectivity index is 1.60. The zero-order valence-electron chi connectivity index (χ0n) is 34.2. The number of hydrogen-bond acceptors (Lipinski definition) is 21. The third-order valence-electron chi connectivity index (χ3n) is 8.69. The molecule has 1 saturated heterocycles. The maximum Gasteiger partial charge on any atom is 0.490 e. The summed E-state index contributed by atoms with van der Waals surface area (Å²) in [6.07, 6.45) is -7.56. The molecule has 3 rings (SSSR count). The fraction of sp³-hybridized carbons (Fsp3) is 0.581. The molecule has 1 aliphatic rings. The molecule has 35 heteroatoms. The second kappa shape index (κ2) is 24.2. The van der Waals surface area contributed by atoms with E-state index in [2.05, 4.69) is 28.4 Å². The number of nitrogens with zero attached hydrogens (tertiary/aromatic N) is 2. The van der Waals surface area contributed by atoms with E-state index < -0.39 is 139 Å². The lowest BCUT2D eigenvalue weighted by Gasteiger charge is -2.21. The van der Waals surface area contributed by atoms with Crippen LogP contribution in [0.1, 0.15) is 64.0 Å². The van der Waals surface area contributed by atoms with Crippen LogP contribution in [0, 0.1) is 5.92 Å². The Bertz CT molecular complexity index is 2360. The molecule has 0 radical (unpaired) electrons. The molecule has 2 amide bonds. The van der Waals surface area contributed by atoms with Gasteiger partial charge in [0, 0.05) is 43.0 Å². The standard InChI is InChI=1S/C31H45N6O24P3S2/c1-13(12-66-65-5-3-4-17(33-14(2)38)19(39)6-15(7-23(41)42)27(45)34-18(29(47)48)8-24(43)44)58-31(49)37-10-16(25-26(37)28(46)36-30(32)35-25)21-9-20(40)22(59-21)11-57-63(53,54)61-64(55,56)60-62(50,51)52/h10,13,15,17-18,20-22,40H,3-9,11-12H2,1-2H3,(H,33,38)(H,34,45)(H,41,42)(H,43,44)(H,47,48)(H,53,54)(H,55,56)(H2,50,51,52)(H3,32,35,36,46). The number of nitrogens with one attached hydrogen (secondary N) is 3. The highest BCUT2D eigenvalue weighted by atomic mass is 33.1. The molecule has 1 fully saturated rings. The van der Waals surface area contributed by atoms with Crippen molar-refractivity contribution in [2.45, 2.75) is 88.9 Å². The van der Waals surface area contributed by atoms with Gasteiger partial charge in [-0.15, -0.1) is 0 Å². The first-order chi connectivity index (χ1) is 30.5. The molecule has 1 aliphatic heterocycles. The van der Waals surface area contributed by atoms with E-state index in [4.69, 9.17) is 30.1 Å². The van der Waals surface area contributed by atoms with Gasteiger partial charge >= 0.3 is 47.5 Å². The molecule has 370 valence electrons. The number of nitrogen functional groups attached to an aromatic ring is 1. The number of carbonyl (C=O) groups is 7. The zero-order valence-corrected chi connectivity index (χ0v) is 38.5. The number of ether oxygens (including phenoxy) is 2. The summed E-state index contributed by atoms with van der Waals surface area (Å²) in [5.41, 5.74) is 4.33. The number of hydrogen-bond donors (Lipinski definition) is 12. The number of aromatic amines is 1. The molecule has 0 aliphatic carbocycles. The Kier molecular flexibility index (Phi) is 20.5. The number of carboxylic acids is 3. The largest absolute Gasteiger partial charge is 0.490 e. The first-order valence-corrected chi connectivity index (χ1v) is 25.7. The number of aliphatic hydroxyl groups excluding tert-OH is 1. The third-order valence-corrected chi connectivity index (χ3v) is 15.1.